The molecule has 0 bridgehead atoms. The van der Waals surface area contributed by atoms with Gasteiger partial charge in [0.25, 0.3) is 5.70 Å². The number of aliphatic hydroxyl groups excluding tert-OH is 1. The molecule has 0 saturated carbocycles. The number of methoxy groups -OCH3 is 1. The molecule has 3 unspecified atom stereocenters. The van der Waals surface area contributed by atoms with Crippen LogP contribution in [0.3, 0.4) is 0 Å². The number of hydrogen-bond acceptors (Lipinski definition) is 10. The van der Waals surface area contributed by atoms with Gasteiger partial charge in [-0.15, -0.1) is 0 Å². The lowest BCUT2D eigenvalue weighted by molar-refractivity contribution is -0.438. The van der Waals surface area contributed by atoms with Crippen LogP contribution in [0.2, 0.25) is 0 Å². The zero-order valence-corrected chi connectivity index (χ0v) is 21.6. The summed E-state index contributed by atoms with van der Waals surface area (Å²) in [5, 5.41) is 28.2. The Morgan fingerprint density at radius 2 is 2.13 bits per heavy atom. The molecule has 13 nitrogen and oxygen atoms in total. The molecule has 1 saturated heterocycles. The van der Waals surface area contributed by atoms with Gasteiger partial charge in [-0.2, -0.15) is 5.10 Å². The van der Waals surface area contributed by atoms with Crippen LogP contribution in [-0.2, 0) is 30.4 Å². The monoisotopic (exact) mass is 537 g/mol. The standard InChI is InChI=1S/C26H27N5O8/c1-13(2)24(33)30(8-9-32)27-10-15-14-6-4-5-7-18(14)28-20-16(15)11-29-22(20)21(31(36)37)19-17(25(29)34)12-39-26(35)23(19)38-3/h4-7,10,13,17,19,23,32H,8-9,11-12H2,1-3H3/b27-10+. The maximum atomic E-state index is 13.6. The van der Waals surface area contributed by atoms with E-state index >= 15 is 0 Å². The normalized spacial score (nSPS) is 22.3. The number of nitro groups is 1. The van der Waals surface area contributed by atoms with Gasteiger partial charge < -0.3 is 14.6 Å². The molecule has 13 heteroatoms. The summed E-state index contributed by atoms with van der Waals surface area (Å²) in [6, 6.07) is 7.10. The number of esters is 1. The summed E-state index contributed by atoms with van der Waals surface area (Å²) in [6.45, 7) is 2.81. The van der Waals surface area contributed by atoms with Gasteiger partial charge in [-0.05, 0) is 6.07 Å². The maximum Gasteiger partial charge on any atom is 0.336 e. The van der Waals surface area contributed by atoms with E-state index in [9.17, 15) is 29.6 Å². The molecule has 2 amide bonds. The van der Waals surface area contributed by atoms with E-state index in [1.54, 1.807) is 38.1 Å². The molecule has 4 heterocycles. The van der Waals surface area contributed by atoms with Crippen LogP contribution in [0, 0.1) is 27.9 Å². The number of carbonyl (C=O) groups excluding carboxylic acids is 3. The SMILES string of the molecule is COC1C(=O)OCC2C(=O)N3Cc4c(nc5ccccc5c4/C=N/N(CCO)C(=O)C(C)C)C3=C([N+](=O)[O-])C21. The van der Waals surface area contributed by atoms with Crippen molar-refractivity contribution in [3.8, 4) is 0 Å². The van der Waals surface area contributed by atoms with Crippen LogP contribution in [-0.4, -0.2) is 81.9 Å². The molecule has 0 aliphatic carbocycles. The van der Waals surface area contributed by atoms with E-state index in [1.807, 2.05) is 0 Å². The van der Waals surface area contributed by atoms with Crippen molar-refractivity contribution < 1.29 is 33.9 Å². The molecule has 3 atom stereocenters. The number of para-hydroxylation sites is 1. The third-order valence-electron chi connectivity index (χ3n) is 7.22. The number of aromatic nitrogens is 1. The lowest BCUT2D eigenvalue weighted by atomic mass is 9.79. The van der Waals surface area contributed by atoms with Gasteiger partial charge in [-0.3, -0.25) is 24.6 Å². The van der Waals surface area contributed by atoms with Gasteiger partial charge >= 0.3 is 5.97 Å². The fraction of sp³-hybridized carbons (Fsp3) is 0.423. The van der Waals surface area contributed by atoms with Gasteiger partial charge in [-0.1, -0.05) is 32.0 Å². The second kappa shape index (κ2) is 10.2. The number of fused-ring (bicyclic) bond motifs is 5. The molecule has 1 aromatic heterocycles. The highest BCUT2D eigenvalue weighted by atomic mass is 16.6. The molecule has 3 aliphatic rings. The first-order valence-electron chi connectivity index (χ1n) is 12.5. The third kappa shape index (κ3) is 4.23. The van der Waals surface area contributed by atoms with Crippen molar-refractivity contribution >= 4 is 40.6 Å². The van der Waals surface area contributed by atoms with Gasteiger partial charge in [0, 0.05) is 29.5 Å². The minimum atomic E-state index is -1.32. The van der Waals surface area contributed by atoms with E-state index in [0.717, 1.165) is 0 Å². The van der Waals surface area contributed by atoms with Gasteiger partial charge in [-0.25, -0.2) is 14.8 Å². The molecule has 1 aromatic carbocycles. The summed E-state index contributed by atoms with van der Waals surface area (Å²) in [5.41, 5.74) is 1.46. The number of hydrazone groups is 1. The van der Waals surface area contributed by atoms with E-state index < -0.39 is 34.7 Å². The zero-order valence-electron chi connectivity index (χ0n) is 21.6. The van der Waals surface area contributed by atoms with Crippen molar-refractivity contribution in [3.63, 3.8) is 0 Å². The molecule has 3 aliphatic heterocycles. The number of carbonyl (C=O) groups is 3. The lowest BCUT2D eigenvalue weighted by Crippen LogP contribution is -2.55. The number of ether oxygens (including phenoxy) is 2. The average Bonchev–Trinajstić information content (AvgIpc) is 3.29. The van der Waals surface area contributed by atoms with Gasteiger partial charge in [0.05, 0.1) is 48.0 Å². The van der Waals surface area contributed by atoms with Gasteiger partial charge in [0.15, 0.2) is 6.10 Å². The van der Waals surface area contributed by atoms with Crippen molar-refractivity contribution in [2.75, 3.05) is 26.9 Å². The Balaban J connectivity index is 1.74. The minimum absolute atomic E-state index is 0.0175. The fourth-order valence-electron chi connectivity index (χ4n) is 5.42. The summed E-state index contributed by atoms with van der Waals surface area (Å²) in [5.74, 6) is -3.99. The number of benzene rings is 1. The highest BCUT2D eigenvalue weighted by Crippen LogP contribution is 2.48. The topological polar surface area (TPSA) is 165 Å². The number of aliphatic hydroxyl groups is 1. The summed E-state index contributed by atoms with van der Waals surface area (Å²) in [4.78, 5) is 56.6. The van der Waals surface area contributed by atoms with Crippen LogP contribution in [0.4, 0.5) is 0 Å². The molecular weight excluding hydrogens is 510 g/mol. The number of pyridine rings is 1. The highest BCUT2D eigenvalue weighted by Gasteiger charge is 2.58. The summed E-state index contributed by atoms with van der Waals surface area (Å²) < 4.78 is 10.4. The Bertz CT molecular complexity index is 1450. The molecule has 1 fully saturated rings. The second-order valence-electron chi connectivity index (χ2n) is 9.79. The average molecular weight is 538 g/mol. The molecule has 0 radical (unpaired) electrons. The Hall–Kier alpha value is -4.23. The molecule has 1 N–H and O–H groups in total. The Kier molecular flexibility index (Phi) is 6.87. The number of rotatable bonds is 7. The zero-order chi connectivity index (χ0) is 28.0. The Morgan fingerprint density at radius 3 is 2.79 bits per heavy atom. The molecular formula is C26H27N5O8. The van der Waals surface area contributed by atoms with Crippen LogP contribution >= 0.6 is 0 Å². The molecule has 0 spiro atoms. The summed E-state index contributed by atoms with van der Waals surface area (Å²) in [7, 11) is 1.24. The summed E-state index contributed by atoms with van der Waals surface area (Å²) in [6.07, 6.45) is 0.147. The Labute approximate surface area is 222 Å². The first kappa shape index (κ1) is 26.4. The van der Waals surface area contributed by atoms with Gasteiger partial charge in [0.1, 0.15) is 18.2 Å². The summed E-state index contributed by atoms with van der Waals surface area (Å²) >= 11 is 0. The van der Waals surface area contributed by atoms with Crippen molar-refractivity contribution in [1.82, 2.24) is 14.9 Å². The quantitative estimate of drug-likeness (QED) is 0.236. The van der Waals surface area contributed by atoms with Crippen LogP contribution in [0.25, 0.3) is 16.6 Å². The highest BCUT2D eigenvalue weighted by molar-refractivity contribution is 6.04. The molecule has 2 aromatic rings. The largest absolute Gasteiger partial charge is 0.463 e. The minimum Gasteiger partial charge on any atom is -0.463 e. The molecule has 204 valence electrons. The van der Waals surface area contributed by atoms with Crippen molar-refractivity contribution in [3.05, 3.63) is 56.9 Å². The number of nitrogens with zero attached hydrogens (tertiary/aromatic N) is 5. The Morgan fingerprint density at radius 1 is 1.38 bits per heavy atom. The first-order valence-corrected chi connectivity index (χ1v) is 12.5. The van der Waals surface area contributed by atoms with Crippen LogP contribution in [0.1, 0.15) is 30.7 Å². The van der Waals surface area contributed by atoms with Crippen molar-refractivity contribution in [2.24, 2.45) is 22.9 Å². The van der Waals surface area contributed by atoms with E-state index in [4.69, 9.17) is 14.5 Å². The number of cyclic esters (lactones) is 1. The molecule has 5 rings (SSSR count). The second-order valence-corrected chi connectivity index (χ2v) is 9.79. The van der Waals surface area contributed by atoms with Gasteiger partial charge in [0.2, 0.25) is 11.8 Å². The van der Waals surface area contributed by atoms with E-state index in [0.29, 0.717) is 22.0 Å². The van der Waals surface area contributed by atoms with Crippen molar-refractivity contribution in [2.45, 2.75) is 26.5 Å². The maximum absolute atomic E-state index is 13.6. The number of hydrogen-bond donors (Lipinski definition) is 1. The smallest absolute Gasteiger partial charge is 0.336 e. The fourth-order valence-corrected chi connectivity index (χ4v) is 5.42. The van der Waals surface area contributed by atoms with Crippen molar-refractivity contribution in [1.29, 1.82) is 0 Å². The van der Waals surface area contributed by atoms with E-state index in [-0.39, 0.29) is 55.2 Å². The van der Waals surface area contributed by atoms with E-state index in [1.165, 1.54) is 23.2 Å². The molecule has 39 heavy (non-hydrogen) atoms. The van der Waals surface area contributed by atoms with Crippen LogP contribution in [0.5, 0.6) is 0 Å². The predicted molar refractivity (Wildman–Crippen MR) is 136 cm³/mol. The van der Waals surface area contributed by atoms with Crippen LogP contribution < -0.4 is 0 Å². The van der Waals surface area contributed by atoms with Crippen LogP contribution in [0.15, 0.2) is 35.1 Å². The number of amides is 2. The third-order valence-corrected chi connectivity index (χ3v) is 7.22. The first-order chi connectivity index (χ1) is 18.7. The lowest BCUT2D eigenvalue weighted by Gasteiger charge is -2.39. The van der Waals surface area contributed by atoms with E-state index in [2.05, 4.69) is 5.10 Å². The predicted octanol–water partition coefficient (Wildman–Crippen LogP) is 1.15.